The fourth-order valence-corrected chi connectivity index (χ4v) is 3.46. The normalized spacial score (nSPS) is 11.6. The second-order valence-electron chi connectivity index (χ2n) is 2.28. The van der Waals surface area contributed by atoms with Gasteiger partial charge >= 0.3 is 0 Å². The first kappa shape index (κ1) is 11.5. The molecule has 0 radical (unpaired) electrons. The van der Waals surface area contributed by atoms with Crippen molar-refractivity contribution < 1.29 is 13.5 Å². The van der Waals surface area contributed by atoms with Gasteiger partial charge in [-0.2, -0.15) is 0 Å². The maximum absolute atomic E-state index is 10.9. The van der Waals surface area contributed by atoms with E-state index in [1.807, 2.05) is 45.2 Å². The molecule has 0 aliphatic carbocycles. The molecular weight excluding hydrogens is 420 g/mol. The number of phenols is 1. The maximum Gasteiger partial charge on any atom is 0.238 e. The lowest BCUT2D eigenvalue weighted by Gasteiger charge is -2.03. The van der Waals surface area contributed by atoms with Gasteiger partial charge in [0.05, 0.1) is 12.0 Å². The quantitative estimate of drug-likeness (QED) is 0.666. The van der Waals surface area contributed by atoms with Crippen molar-refractivity contribution in [3.8, 4) is 5.75 Å². The molecule has 1 rings (SSSR count). The molecule has 13 heavy (non-hydrogen) atoms. The van der Waals surface area contributed by atoms with E-state index in [1.54, 1.807) is 0 Å². The zero-order valence-corrected chi connectivity index (χ0v) is 11.3. The van der Waals surface area contributed by atoms with E-state index >= 15 is 0 Å². The summed E-state index contributed by atoms with van der Waals surface area (Å²) in [4.78, 5) is 0.0131. The first-order valence-electron chi connectivity index (χ1n) is 3.03. The van der Waals surface area contributed by atoms with Gasteiger partial charge in [-0.15, -0.1) is 0 Å². The molecule has 0 atom stereocenters. The Hall–Kier alpha value is 0.390. The summed E-state index contributed by atoms with van der Waals surface area (Å²) in [6.07, 6.45) is 0. The Labute approximate surface area is 103 Å². The number of hydrogen-bond acceptors (Lipinski definition) is 3. The van der Waals surface area contributed by atoms with Crippen LogP contribution in [0, 0.1) is 7.14 Å². The van der Waals surface area contributed by atoms with Gasteiger partial charge in [0, 0.05) is 0 Å². The molecule has 0 fully saturated rings. The molecule has 0 bridgehead atoms. The minimum Gasteiger partial charge on any atom is -0.506 e. The number of nitrogens with two attached hydrogens (primary N) is 1. The Morgan fingerprint density at radius 2 is 1.62 bits per heavy atom. The van der Waals surface area contributed by atoms with Crippen LogP contribution in [0.15, 0.2) is 17.0 Å². The van der Waals surface area contributed by atoms with E-state index in [9.17, 15) is 13.5 Å². The van der Waals surface area contributed by atoms with Crippen molar-refractivity contribution in [1.82, 2.24) is 0 Å². The number of benzene rings is 1. The average Bonchev–Trinajstić information content (AvgIpc) is 1.97. The summed E-state index contributed by atoms with van der Waals surface area (Å²) in [5.74, 6) is 0.0774. The van der Waals surface area contributed by atoms with Gasteiger partial charge in [-0.25, -0.2) is 13.6 Å². The molecule has 0 heterocycles. The predicted octanol–water partition coefficient (Wildman–Crippen LogP) is 1.25. The standard InChI is InChI=1S/C6H5I2NO3S/c7-4-1-3(13(9,11)12)2-5(8)6(4)10/h1-2,10H,(H2,9,11,12). The van der Waals surface area contributed by atoms with E-state index in [0.717, 1.165) is 0 Å². The number of rotatable bonds is 1. The molecule has 1 aromatic carbocycles. The van der Waals surface area contributed by atoms with Crippen molar-refractivity contribution in [2.45, 2.75) is 4.90 Å². The van der Waals surface area contributed by atoms with Crippen LogP contribution in [0.1, 0.15) is 0 Å². The summed E-state index contributed by atoms with van der Waals surface area (Å²) in [5.41, 5.74) is 0. The molecule has 0 saturated heterocycles. The number of sulfonamides is 1. The summed E-state index contributed by atoms with van der Waals surface area (Å²) in [6, 6.07) is 2.65. The number of primary sulfonamides is 1. The summed E-state index contributed by atoms with van der Waals surface area (Å²) in [5, 5.41) is 14.3. The maximum atomic E-state index is 10.9. The van der Waals surface area contributed by atoms with Crippen LogP contribution in [0.2, 0.25) is 0 Å². The third-order valence-corrected chi connectivity index (χ3v) is 3.86. The van der Waals surface area contributed by atoms with Crippen LogP contribution >= 0.6 is 45.2 Å². The SMILES string of the molecule is NS(=O)(=O)c1cc(I)c(O)c(I)c1. The first-order chi connectivity index (χ1) is 5.82. The zero-order chi connectivity index (χ0) is 10.2. The number of aromatic hydroxyl groups is 1. The summed E-state index contributed by atoms with van der Waals surface area (Å²) in [7, 11) is -3.69. The second-order valence-corrected chi connectivity index (χ2v) is 6.17. The van der Waals surface area contributed by atoms with Gasteiger partial charge in [0.1, 0.15) is 5.75 Å². The van der Waals surface area contributed by atoms with Gasteiger partial charge in [-0.3, -0.25) is 0 Å². The van der Waals surface area contributed by atoms with Crippen LogP contribution in [0.4, 0.5) is 0 Å². The van der Waals surface area contributed by atoms with Crippen LogP contribution in [0.25, 0.3) is 0 Å². The number of hydrogen-bond donors (Lipinski definition) is 2. The Morgan fingerprint density at radius 1 is 1.23 bits per heavy atom. The zero-order valence-electron chi connectivity index (χ0n) is 6.16. The van der Waals surface area contributed by atoms with Gasteiger partial charge in [-0.1, -0.05) is 0 Å². The molecule has 0 amide bonds. The third-order valence-electron chi connectivity index (χ3n) is 1.32. The number of phenolic OH excluding ortho intramolecular Hbond substituents is 1. The summed E-state index contributed by atoms with van der Waals surface area (Å²) >= 11 is 3.68. The molecule has 0 aliphatic rings. The smallest absolute Gasteiger partial charge is 0.238 e. The average molecular weight is 425 g/mol. The molecule has 0 spiro atoms. The lowest BCUT2D eigenvalue weighted by atomic mass is 10.3. The molecular formula is C6H5I2NO3S. The van der Waals surface area contributed by atoms with Crippen LogP contribution in [0.3, 0.4) is 0 Å². The highest BCUT2D eigenvalue weighted by molar-refractivity contribution is 14.1. The molecule has 0 unspecified atom stereocenters. The minimum atomic E-state index is -3.69. The Bertz CT molecular complexity index is 420. The van der Waals surface area contributed by atoms with E-state index in [1.165, 1.54) is 12.1 Å². The highest BCUT2D eigenvalue weighted by Crippen LogP contribution is 2.28. The first-order valence-corrected chi connectivity index (χ1v) is 6.73. The highest BCUT2D eigenvalue weighted by atomic mass is 127. The molecule has 1 aromatic rings. The van der Waals surface area contributed by atoms with Gasteiger partial charge in [-0.05, 0) is 57.3 Å². The Kier molecular flexibility index (Phi) is 3.41. The van der Waals surface area contributed by atoms with Gasteiger partial charge < -0.3 is 5.11 Å². The van der Waals surface area contributed by atoms with Crippen LogP contribution < -0.4 is 5.14 Å². The van der Waals surface area contributed by atoms with E-state index in [-0.39, 0.29) is 10.6 Å². The Balaban J connectivity index is 3.47. The molecule has 72 valence electrons. The monoisotopic (exact) mass is 425 g/mol. The molecule has 7 heteroatoms. The van der Waals surface area contributed by atoms with E-state index in [0.29, 0.717) is 7.14 Å². The fourth-order valence-electron chi connectivity index (χ4n) is 0.707. The largest absolute Gasteiger partial charge is 0.506 e. The lowest BCUT2D eigenvalue weighted by molar-refractivity contribution is 0.467. The van der Waals surface area contributed by atoms with Crippen molar-refractivity contribution in [2.75, 3.05) is 0 Å². The topological polar surface area (TPSA) is 80.4 Å². The predicted molar refractivity (Wildman–Crippen MR) is 64.9 cm³/mol. The van der Waals surface area contributed by atoms with E-state index < -0.39 is 10.0 Å². The van der Waals surface area contributed by atoms with Gasteiger partial charge in [0.15, 0.2) is 0 Å². The van der Waals surface area contributed by atoms with Crippen molar-refractivity contribution in [3.63, 3.8) is 0 Å². The molecule has 0 aromatic heterocycles. The van der Waals surface area contributed by atoms with E-state index in [2.05, 4.69) is 0 Å². The van der Waals surface area contributed by atoms with Crippen molar-refractivity contribution in [1.29, 1.82) is 0 Å². The van der Waals surface area contributed by atoms with Gasteiger partial charge in [0.25, 0.3) is 0 Å². The highest BCUT2D eigenvalue weighted by Gasteiger charge is 2.12. The number of halogens is 2. The summed E-state index contributed by atoms with van der Waals surface area (Å²) < 4.78 is 22.8. The lowest BCUT2D eigenvalue weighted by Crippen LogP contribution is -2.12. The Morgan fingerprint density at radius 3 is 1.92 bits per heavy atom. The van der Waals surface area contributed by atoms with Crippen molar-refractivity contribution in [3.05, 3.63) is 19.3 Å². The molecule has 0 aliphatic heterocycles. The molecule has 3 N–H and O–H groups in total. The third kappa shape index (κ3) is 2.67. The fraction of sp³-hybridized carbons (Fsp3) is 0. The minimum absolute atomic E-state index is 0.0131. The molecule has 0 saturated carbocycles. The second kappa shape index (κ2) is 3.87. The van der Waals surface area contributed by atoms with Crippen molar-refractivity contribution in [2.24, 2.45) is 5.14 Å². The van der Waals surface area contributed by atoms with Crippen LogP contribution in [-0.4, -0.2) is 13.5 Å². The van der Waals surface area contributed by atoms with Crippen LogP contribution in [0.5, 0.6) is 5.75 Å². The molecule has 4 nitrogen and oxygen atoms in total. The summed E-state index contributed by atoms with van der Waals surface area (Å²) in [6.45, 7) is 0. The van der Waals surface area contributed by atoms with Crippen molar-refractivity contribution >= 4 is 55.2 Å². The van der Waals surface area contributed by atoms with Gasteiger partial charge in [0.2, 0.25) is 10.0 Å². The van der Waals surface area contributed by atoms with Crippen LogP contribution in [-0.2, 0) is 10.0 Å². The van der Waals surface area contributed by atoms with E-state index in [4.69, 9.17) is 5.14 Å².